The van der Waals surface area contributed by atoms with Gasteiger partial charge >= 0.3 is 12.3 Å². The number of ketones is 1. The second-order valence-corrected chi connectivity index (χ2v) is 8.95. The number of aromatic hydroxyl groups is 3. The zero-order chi connectivity index (χ0) is 28.6. The van der Waals surface area contributed by atoms with Crippen LogP contribution in [0.3, 0.4) is 0 Å². The third-order valence-electron chi connectivity index (χ3n) is 6.49. The van der Waals surface area contributed by atoms with E-state index in [2.05, 4.69) is 9.72 Å². The van der Waals surface area contributed by atoms with Crippen LogP contribution in [0.15, 0.2) is 36.5 Å². The fourth-order valence-corrected chi connectivity index (χ4v) is 4.60. The Labute approximate surface area is 220 Å². The number of Topliss-reactive ketones (excluding diaryl/α,β-unsaturated/α-hetero) is 1. The van der Waals surface area contributed by atoms with Gasteiger partial charge in [-0.05, 0) is 37.6 Å². The number of aryl methyl sites for hydroxylation is 1. The fourth-order valence-electron chi connectivity index (χ4n) is 4.60. The molecule has 0 fully saturated rings. The molecule has 3 aromatic rings. The van der Waals surface area contributed by atoms with Crippen LogP contribution >= 0.6 is 0 Å². The van der Waals surface area contributed by atoms with Gasteiger partial charge in [0.05, 0.1) is 31.4 Å². The molecule has 1 aliphatic heterocycles. The predicted molar refractivity (Wildman–Crippen MR) is 129 cm³/mol. The molecule has 2 aromatic carbocycles. The van der Waals surface area contributed by atoms with Crippen molar-refractivity contribution in [3.05, 3.63) is 75.6 Å². The van der Waals surface area contributed by atoms with Crippen LogP contribution in [0.1, 0.15) is 69.2 Å². The molecule has 3 N–H and O–H groups in total. The summed E-state index contributed by atoms with van der Waals surface area (Å²) >= 11 is 0. The first-order valence-corrected chi connectivity index (χ1v) is 11.6. The molecule has 39 heavy (non-hydrogen) atoms. The number of nitrogens with zero attached hydrogens (tertiary/aromatic N) is 1. The maximum atomic E-state index is 12.6. The summed E-state index contributed by atoms with van der Waals surface area (Å²) in [6.07, 6.45) is -4.92. The van der Waals surface area contributed by atoms with E-state index in [1.807, 2.05) is 0 Å². The van der Waals surface area contributed by atoms with E-state index in [-0.39, 0.29) is 34.6 Å². The van der Waals surface area contributed by atoms with Gasteiger partial charge in [-0.15, -0.1) is 13.2 Å². The Morgan fingerprint density at radius 3 is 2.38 bits per heavy atom. The number of pyridine rings is 1. The maximum absolute atomic E-state index is 12.6. The van der Waals surface area contributed by atoms with E-state index in [4.69, 9.17) is 9.47 Å². The first-order valence-electron chi connectivity index (χ1n) is 11.6. The number of methoxy groups -OCH3 is 1. The second-order valence-electron chi connectivity index (χ2n) is 8.95. The van der Waals surface area contributed by atoms with Crippen LogP contribution in [0.4, 0.5) is 13.2 Å². The van der Waals surface area contributed by atoms with E-state index in [0.717, 1.165) is 19.2 Å². The number of halogens is 3. The summed E-state index contributed by atoms with van der Waals surface area (Å²) in [6, 6.07) is 5.73. The van der Waals surface area contributed by atoms with Gasteiger partial charge in [0, 0.05) is 34.4 Å². The summed E-state index contributed by atoms with van der Waals surface area (Å²) in [7, 11) is 1.12. The molecule has 0 aliphatic carbocycles. The minimum Gasteiger partial charge on any atom is -0.507 e. The van der Waals surface area contributed by atoms with Gasteiger partial charge in [-0.2, -0.15) is 0 Å². The zero-order valence-corrected chi connectivity index (χ0v) is 21.0. The molecule has 9 nitrogen and oxygen atoms in total. The lowest BCUT2D eigenvalue weighted by Crippen LogP contribution is -2.17. The largest absolute Gasteiger partial charge is 0.573 e. The Morgan fingerprint density at radius 1 is 1.13 bits per heavy atom. The Kier molecular flexibility index (Phi) is 7.42. The van der Waals surface area contributed by atoms with Crippen LogP contribution in [0.25, 0.3) is 0 Å². The molecule has 4 rings (SSSR count). The maximum Gasteiger partial charge on any atom is 0.573 e. The number of hydrogen-bond acceptors (Lipinski definition) is 9. The van der Waals surface area contributed by atoms with Crippen molar-refractivity contribution < 1.29 is 52.3 Å². The number of benzene rings is 2. The summed E-state index contributed by atoms with van der Waals surface area (Å²) in [5.41, 5.74) is 0.971. The van der Waals surface area contributed by atoms with Gasteiger partial charge in [-0.1, -0.05) is 12.1 Å². The van der Waals surface area contributed by atoms with E-state index in [9.17, 15) is 38.1 Å². The topological polar surface area (TPSA) is 135 Å². The van der Waals surface area contributed by atoms with E-state index in [1.54, 1.807) is 6.92 Å². The van der Waals surface area contributed by atoms with Crippen LogP contribution in [0.2, 0.25) is 0 Å². The first kappa shape index (κ1) is 27.7. The lowest BCUT2D eigenvalue weighted by molar-refractivity contribution is -0.274. The Morgan fingerprint density at radius 2 is 1.79 bits per heavy atom. The number of ether oxygens (including phenoxy) is 3. The number of phenolic OH excluding ortho intramolecular Hbond substituents is 2. The van der Waals surface area contributed by atoms with E-state index in [1.165, 1.54) is 31.3 Å². The van der Waals surface area contributed by atoms with Gasteiger partial charge in [-0.3, -0.25) is 14.6 Å². The molecule has 12 heteroatoms. The highest BCUT2D eigenvalue weighted by Gasteiger charge is 2.36. The number of carbonyl (C=O) groups excluding carboxylic acids is 2. The highest BCUT2D eigenvalue weighted by atomic mass is 19.4. The minimum absolute atomic E-state index is 0.0274. The van der Waals surface area contributed by atoms with Crippen LogP contribution in [0, 0.1) is 6.92 Å². The summed E-state index contributed by atoms with van der Waals surface area (Å²) in [6.45, 7) is 2.80. The van der Waals surface area contributed by atoms with Gasteiger partial charge in [0.25, 0.3) is 0 Å². The standard InChI is InChI=1S/C27H24F3NO8/c1-12-23(34)21-15(10-31-12)11-38-26(21)19-8-17(13(2)32)24(35)22(25(19)36)18(9-20(33)37-3)14-4-6-16(7-5-14)39-27(28,29)30/h4-8,10,18,26,34-36H,9,11H2,1-3H3/t18-,26-/m0/s1. The van der Waals surface area contributed by atoms with E-state index in [0.29, 0.717) is 16.8 Å². The third-order valence-corrected chi connectivity index (χ3v) is 6.49. The first-order chi connectivity index (χ1) is 18.3. The van der Waals surface area contributed by atoms with Gasteiger partial charge < -0.3 is 29.5 Å². The normalized spacial score (nSPS) is 15.5. The van der Waals surface area contributed by atoms with Crippen molar-refractivity contribution in [3.63, 3.8) is 0 Å². The fraction of sp³-hybridized carbons (Fsp3) is 0.296. The SMILES string of the molecule is COC(=O)C[C@@H](c1ccc(OC(F)(F)F)cc1)c1c(O)c(C(C)=O)cc([C@@H]2OCc3cnc(C)c(O)c32)c1O. The Hall–Kier alpha value is -4.32. The molecule has 0 bridgehead atoms. The molecule has 0 amide bonds. The number of hydrogen-bond donors (Lipinski definition) is 3. The van der Waals surface area contributed by atoms with Crippen LogP contribution in [0.5, 0.6) is 23.0 Å². The van der Waals surface area contributed by atoms with Gasteiger partial charge in [0.15, 0.2) is 5.78 Å². The van der Waals surface area contributed by atoms with Crippen molar-refractivity contribution in [2.45, 2.75) is 45.3 Å². The smallest absolute Gasteiger partial charge is 0.507 e. The monoisotopic (exact) mass is 547 g/mol. The average molecular weight is 547 g/mol. The molecule has 1 aromatic heterocycles. The molecule has 2 atom stereocenters. The zero-order valence-electron chi connectivity index (χ0n) is 21.0. The highest BCUT2D eigenvalue weighted by molar-refractivity contribution is 5.98. The number of rotatable bonds is 7. The van der Waals surface area contributed by atoms with Crippen molar-refractivity contribution in [1.82, 2.24) is 4.98 Å². The molecule has 2 heterocycles. The molecular weight excluding hydrogens is 523 g/mol. The van der Waals surface area contributed by atoms with Crippen molar-refractivity contribution in [1.29, 1.82) is 0 Å². The Balaban J connectivity index is 1.92. The summed E-state index contributed by atoms with van der Waals surface area (Å²) < 4.78 is 52.4. The quantitative estimate of drug-likeness (QED) is 0.278. The lowest BCUT2D eigenvalue weighted by atomic mass is 9.83. The predicted octanol–water partition coefficient (Wildman–Crippen LogP) is 4.92. The van der Waals surface area contributed by atoms with Crippen molar-refractivity contribution in [3.8, 4) is 23.0 Å². The molecule has 0 radical (unpaired) electrons. The minimum atomic E-state index is -4.93. The number of alkyl halides is 3. The average Bonchev–Trinajstić information content (AvgIpc) is 3.29. The van der Waals surface area contributed by atoms with Crippen LogP contribution < -0.4 is 4.74 Å². The highest BCUT2D eigenvalue weighted by Crippen LogP contribution is 2.50. The molecule has 0 saturated carbocycles. The molecular formula is C27H24F3NO8. The number of fused-ring (bicyclic) bond motifs is 1. The number of aromatic nitrogens is 1. The van der Waals surface area contributed by atoms with Crippen molar-refractivity contribution in [2.75, 3.05) is 7.11 Å². The van der Waals surface area contributed by atoms with Crippen molar-refractivity contribution in [2.24, 2.45) is 0 Å². The van der Waals surface area contributed by atoms with Gasteiger partial charge in [0.1, 0.15) is 29.1 Å². The summed E-state index contributed by atoms with van der Waals surface area (Å²) in [5, 5.41) is 33.3. The second kappa shape index (κ2) is 10.4. The summed E-state index contributed by atoms with van der Waals surface area (Å²) in [5.74, 6) is -4.34. The molecule has 1 aliphatic rings. The molecule has 206 valence electrons. The van der Waals surface area contributed by atoms with Gasteiger partial charge in [0.2, 0.25) is 0 Å². The lowest BCUT2D eigenvalue weighted by Gasteiger charge is -2.24. The Bertz CT molecular complexity index is 1440. The van der Waals surface area contributed by atoms with Crippen LogP contribution in [-0.4, -0.2) is 45.5 Å². The summed E-state index contributed by atoms with van der Waals surface area (Å²) in [4.78, 5) is 29.0. The molecule has 0 unspecified atom stereocenters. The van der Waals surface area contributed by atoms with Gasteiger partial charge in [-0.25, -0.2) is 0 Å². The number of phenols is 2. The van der Waals surface area contributed by atoms with Crippen LogP contribution in [-0.2, 0) is 20.9 Å². The number of carbonyl (C=O) groups is 2. The van der Waals surface area contributed by atoms with E-state index < -0.39 is 53.8 Å². The van der Waals surface area contributed by atoms with Crippen molar-refractivity contribution >= 4 is 11.8 Å². The number of esters is 1. The third kappa shape index (κ3) is 5.46. The molecule has 0 spiro atoms. The van der Waals surface area contributed by atoms with E-state index >= 15 is 0 Å². The molecule has 0 saturated heterocycles.